The predicted octanol–water partition coefficient (Wildman–Crippen LogP) is 2.24. The van der Waals surface area contributed by atoms with Gasteiger partial charge in [-0.3, -0.25) is 0 Å². The summed E-state index contributed by atoms with van der Waals surface area (Å²) in [5.74, 6) is 2.24. The maximum atomic E-state index is 9.59. The van der Waals surface area contributed by atoms with Crippen molar-refractivity contribution in [1.82, 2.24) is 0 Å². The van der Waals surface area contributed by atoms with Crippen molar-refractivity contribution in [3.8, 4) is 0 Å². The highest BCUT2D eigenvalue weighted by molar-refractivity contribution is 7.99. The molecule has 1 unspecified atom stereocenters. The number of hydrogen-bond acceptors (Lipinski definition) is 4. The molecule has 0 aromatic heterocycles. The van der Waals surface area contributed by atoms with Gasteiger partial charge in [0.15, 0.2) is 5.34 Å². The topological polar surface area (TPSA) is 38.7 Å². The third-order valence-electron chi connectivity index (χ3n) is 1.21. The SMILES string of the molecule is C=CC(CON=O)CSCC. The van der Waals surface area contributed by atoms with Crippen LogP contribution in [0.4, 0.5) is 0 Å². The predicted molar refractivity (Wildman–Crippen MR) is 48.4 cm³/mol. The van der Waals surface area contributed by atoms with E-state index < -0.39 is 0 Å². The van der Waals surface area contributed by atoms with Gasteiger partial charge in [0.2, 0.25) is 0 Å². The molecule has 0 N–H and O–H groups in total. The Bertz CT molecular complexity index is 119. The summed E-state index contributed by atoms with van der Waals surface area (Å²) in [5.41, 5.74) is 0. The van der Waals surface area contributed by atoms with Crippen LogP contribution in [0.1, 0.15) is 6.92 Å². The van der Waals surface area contributed by atoms with E-state index in [1.165, 1.54) is 0 Å². The lowest BCUT2D eigenvalue weighted by Crippen LogP contribution is -2.07. The Hall–Kier alpha value is -0.510. The quantitative estimate of drug-likeness (QED) is 0.338. The van der Waals surface area contributed by atoms with Crippen molar-refractivity contribution in [2.45, 2.75) is 6.92 Å². The van der Waals surface area contributed by atoms with Gasteiger partial charge in [0.1, 0.15) is 6.61 Å². The molecule has 0 aliphatic heterocycles. The highest BCUT2D eigenvalue weighted by Crippen LogP contribution is 2.09. The van der Waals surface area contributed by atoms with Crippen LogP contribution in [0.25, 0.3) is 0 Å². The van der Waals surface area contributed by atoms with Gasteiger partial charge < -0.3 is 4.84 Å². The zero-order valence-corrected chi connectivity index (χ0v) is 7.47. The highest BCUT2D eigenvalue weighted by Gasteiger charge is 2.03. The molecular weight excluding hydrogens is 162 g/mol. The van der Waals surface area contributed by atoms with Gasteiger partial charge >= 0.3 is 0 Å². The fourth-order valence-corrected chi connectivity index (χ4v) is 1.35. The molecule has 4 heteroatoms. The fourth-order valence-electron chi connectivity index (χ4n) is 0.580. The lowest BCUT2D eigenvalue weighted by atomic mass is 10.2. The van der Waals surface area contributed by atoms with Crippen molar-refractivity contribution in [2.75, 3.05) is 18.1 Å². The molecule has 11 heavy (non-hydrogen) atoms. The normalized spacial score (nSPS) is 12.1. The molecule has 0 rings (SSSR count). The first-order valence-electron chi connectivity index (χ1n) is 3.50. The van der Waals surface area contributed by atoms with Crippen LogP contribution in [-0.2, 0) is 4.84 Å². The molecule has 0 bridgehead atoms. The second-order valence-electron chi connectivity index (χ2n) is 2.03. The molecule has 3 nitrogen and oxygen atoms in total. The Morgan fingerprint density at radius 1 is 1.82 bits per heavy atom. The van der Waals surface area contributed by atoms with Crippen LogP contribution in [-0.4, -0.2) is 18.1 Å². The van der Waals surface area contributed by atoms with Gasteiger partial charge in [-0.05, 0) is 5.75 Å². The standard InChI is InChI=1S/C7H13NO2S/c1-3-7(5-10-8-9)6-11-4-2/h3,7H,1,4-6H2,2H3. The summed E-state index contributed by atoms with van der Waals surface area (Å²) >= 11 is 1.80. The lowest BCUT2D eigenvalue weighted by Gasteiger charge is -2.07. The van der Waals surface area contributed by atoms with Crippen molar-refractivity contribution in [3.05, 3.63) is 17.6 Å². The fraction of sp³-hybridized carbons (Fsp3) is 0.714. The van der Waals surface area contributed by atoms with E-state index >= 15 is 0 Å². The van der Waals surface area contributed by atoms with Gasteiger partial charge in [-0.25, -0.2) is 0 Å². The Morgan fingerprint density at radius 2 is 2.55 bits per heavy atom. The van der Waals surface area contributed by atoms with Crippen LogP contribution in [0.2, 0.25) is 0 Å². The second-order valence-corrected chi connectivity index (χ2v) is 3.34. The molecule has 0 saturated carbocycles. The Labute approximate surface area is 71.1 Å². The molecule has 0 aromatic rings. The third kappa shape index (κ3) is 5.91. The summed E-state index contributed by atoms with van der Waals surface area (Å²) in [6.45, 7) is 6.06. The van der Waals surface area contributed by atoms with E-state index in [4.69, 9.17) is 0 Å². The molecule has 0 radical (unpaired) electrons. The van der Waals surface area contributed by atoms with Crippen molar-refractivity contribution < 1.29 is 4.84 Å². The highest BCUT2D eigenvalue weighted by atomic mass is 32.2. The molecule has 0 heterocycles. The van der Waals surface area contributed by atoms with Gasteiger partial charge in [-0.2, -0.15) is 11.8 Å². The van der Waals surface area contributed by atoms with E-state index in [2.05, 4.69) is 23.7 Å². The average Bonchev–Trinajstić information content (AvgIpc) is 2.05. The Kier molecular flexibility index (Phi) is 7.24. The summed E-state index contributed by atoms with van der Waals surface area (Å²) < 4.78 is 0. The van der Waals surface area contributed by atoms with Crippen LogP contribution >= 0.6 is 11.8 Å². The van der Waals surface area contributed by atoms with Gasteiger partial charge in [-0.1, -0.05) is 13.0 Å². The zero-order chi connectivity index (χ0) is 8.53. The Morgan fingerprint density at radius 3 is 3.00 bits per heavy atom. The summed E-state index contributed by atoms with van der Waals surface area (Å²) in [6, 6.07) is 0. The molecule has 1 atom stereocenters. The molecule has 0 aromatic carbocycles. The number of nitrogens with zero attached hydrogens (tertiary/aromatic N) is 1. The van der Waals surface area contributed by atoms with E-state index in [0.29, 0.717) is 6.61 Å². The summed E-state index contributed by atoms with van der Waals surface area (Å²) in [5, 5.41) is 2.32. The Balaban J connectivity index is 3.40. The number of hydrogen-bond donors (Lipinski definition) is 0. The average molecular weight is 175 g/mol. The van der Waals surface area contributed by atoms with E-state index in [1.54, 1.807) is 17.8 Å². The van der Waals surface area contributed by atoms with E-state index in [0.717, 1.165) is 11.5 Å². The van der Waals surface area contributed by atoms with Gasteiger partial charge in [0, 0.05) is 11.7 Å². The van der Waals surface area contributed by atoms with Crippen molar-refractivity contribution in [2.24, 2.45) is 11.3 Å². The number of rotatable bonds is 7. The zero-order valence-electron chi connectivity index (χ0n) is 6.66. The first-order valence-corrected chi connectivity index (χ1v) is 4.65. The molecule has 0 saturated heterocycles. The molecule has 0 spiro atoms. The lowest BCUT2D eigenvalue weighted by molar-refractivity contribution is 0.123. The van der Waals surface area contributed by atoms with E-state index in [-0.39, 0.29) is 5.92 Å². The van der Waals surface area contributed by atoms with Crippen LogP contribution < -0.4 is 0 Å². The van der Waals surface area contributed by atoms with Crippen molar-refractivity contribution in [3.63, 3.8) is 0 Å². The minimum absolute atomic E-state index is 0.234. The minimum atomic E-state index is 0.234. The van der Waals surface area contributed by atoms with Crippen LogP contribution in [0.3, 0.4) is 0 Å². The molecule has 64 valence electrons. The maximum Gasteiger partial charge on any atom is 0.155 e. The molecule has 0 aliphatic carbocycles. The first-order chi connectivity index (χ1) is 5.35. The molecule has 0 aliphatic rings. The summed E-state index contributed by atoms with van der Waals surface area (Å²) in [7, 11) is 0. The van der Waals surface area contributed by atoms with Crippen molar-refractivity contribution >= 4 is 11.8 Å². The summed E-state index contributed by atoms with van der Waals surface area (Å²) in [6.07, 6.45) is 1.79. The largest absolute Gasteiger partial charge is 0.363 e. The monoisotopic (exact) mass is 175 g/mol. The van der Waals surface area contributed by atoms with Crippen LogP contribution in [0, 0.1) is 10.8 Å². The first kappa shape index (κ1) is 10.5. The number of thioether (sulfide) groups is 1. The van der Waals surface area contributed by atoms with E-state index in [9.17, 15) is 4.91 Å². The van der Waals surface area contributed by atoms with Crippen LogP contribution in [0.5, 0.6) is 0 Å². The summed E-state index contributed by atoms with van der Waals surface area (Å²) in [4.78, 5) is 14.0. The smallest absolute Gasteiger partial charge is 0.155 e. The molecule has 0 fully saturated rings. The van der Waals surface area contributed by atoms with E-state index in [1.807, 2.05) is 0 Å². The minimum Gasteiger partial charge on any atom is -0.363 e. The molecule has 0 amide bonds. The molecular formula is C7H13NO2S. The van der Waals surface area contributed by atoms with Crippen molar-refractivity contribution in [1.29, 1.82) is 0 Å². The van der Waals surface area contributed by atoms with Gasteiger partial charge in [-0.15, -0.1) is 11.5 Å². The second kappa shape index (κ2) is 7.60. The van der Waals surface area contributed by atoms with Gasteiger partial charge in [0.25, 0.3) is 0 Å². The maximum absolute atomic E-state index is 9.59. The third-order valence-corrected chi connectivity index (χ3v) is 2.28. The van der Waals surface area contributed by atoms with Gasteiger partial charge in [0.05, 0.1) is 0 Å². The van der Waals surface area contributed by atoms with Crippen LogP contribution in [0.15, 0.2) is 18.0 Å².